The van der Waals surface area contributed by atoms with Gasteiger partial charge in [-0.3, -0.25) is 14.6 Å². The van der Waals surface area contributed by atoms with Crippen molar-refractivity contribution < 1.29 is 22.8 Å². The Hall–Kier alpha value is -4.31. The highest BCUT2D eigenvalue weighted by atomic mass is 35.5. The number of furan rings is 1. The van der Waals surface area contributed by atoms with Crippen LogP contribution in [0.1, 0.15) is 34.3 Å². The van der Waals surface area contributed by atoms with Crippen LogP contribution in [0.5, 0.6) is 0 Å². The fraction of sp³-hybridized carbons (Fsp3) is 0.214. The molecule has 4 aromatic rings. The van der Waals surface area contributed by atoms with Crippen LogP contribution in [0.25, 0.3) is 28.3 Å². The Morgan fingerprint density at radius 3 is 2.62 bits per heavy atom. The number of nitrogens with zero attached hydrogens (tertiary/aromatic N) is 3. The predicted molar refractivity (Wildman–Crippen MR) is 144 cm³/mol. The van der Waals surface area contributed by atoms with Crippen LogP contribution < -0.4 is 11.1 Å². The highest BCUT2D eigenvalue weighted by molar-refractivity contribution is 6.35. The second-order valence-electron chi connectivity index (χ2n) is 9.24. The molecule has 0 unspecified atom stereocenters. The molecule has 8 nitrogen and oxygen atoms in total. The van der Waals surface area contributed by atoms with Crippen LogP contribution in [0.2, 0.25) is 5.02 Å². The zero-order chi connectivity index (χ0) is 27.6. The van der Waals surface area contributed by atoms with Gasteiger partial charge in [0.1, 0.15) is 5.82 Å². The van der Waals surface area contributed by atoms with E-state index in [2.05, 4.69) is 15.3 Å². The van der Waals surface area contributed by atoms with Gasteiger partial charge in [0.05, 0.1) is 22.5 Å². The molecule has 1 aliphatic heterocycles. The van der Waals surface area contributed by atoms with Crippen molar-refractivity contribution in [1.29, 1.82) is 0 Å². The first kappa shape index (κ1) is 26.3. The van der Waals surface area contributed by atoms with Crippen LogP contribution in [-0.4, -0.2) is 45.7 Å². The number of rotatable bonds is 6. The Balaban J connectivity index is 1.28. The van der Waals surface area contributed by atoms with Gasteiger partial charge in [0, 0.05) is 67.5 Å². The average Bonchev–Trinajstić information content (AvgIpc) is 3.35. The second kappa shape index (κ2) is 10.8. The quantitative estimate of drug-likeness (QED) is 0.313. The molecule has 0 radical (unpaired) electrons. The summed E-state index contributed by atoms with van der Waals surface area (Å²) in [6, 6.07) is 10.3. The number of nitrogen functional groups attached to an aromatic ring is 1. The normalized spacial score (nSPS) is 15.1. The summed E-state index contributed by atoms with van der Waals surface area (Å²) in [5.41, 5.74) is 9.08. The van der Waals surface area contributed by atoms with Crippen molar-refractivity contribution in [1.82, 2.24) is 20.2 Å². The molecule has 1 aromatic carbocycles. The minimum Gasteiger partial charge on any atom is -0.462 e. The number of hydrogen-bond acceptors (Lipinski definition) is 6. The number of benzene rings is 1. The summed E-state index contributed by atoms with van der Waals surface area (Å²) >= 11 is 6.47. The molecule has 1 aliphatic rings. The number of likely N-dealkylation sites (tertiary alicyclic amines) is 1. The largest absolute Gasteiger partial charge is 0.462 e. The van der Waals surface area contributed by atoms with E-state index >= 15 is 0 Å². The number of carbonyl (C=O) groups is 2. The minimum atomic E-state index is -2.72. The molecule has 4 heterocycles. The van der Waals surface area contributed by atoms with Crippen LogP contribution in [0.4, 0.5) is 14.6 Å². The van der Waals surface area contributed by atoms with Gasteiger partial charge in [0.25, 0.3) is 11.8 Å². The standard InChI is InChI=1S/C28H24ClF2N5O3/c29-22-12-19(23-4-3-18(14-33-23)27(38)36-9-7-28(30,31)8-10-36)11-21-20(16-39-26(21)22)15-35-25(37)6-2-17-1-5-24(32)34-13-17/h1-6,11-14,16H,7-10,15H2,(H2,32,34)(H,35,37). The van der Waals surface area contributed by atoms with E-state index in [1.807, 2.05) is 6.07 Å². The van der Waals surface area contributed by atoms with Crippen molar-refractivity contribution in [2.24, 2.45) is 0 Å². The molecular formula is C28H24ClF2N5O3. The number of halogens is 3. The summed E-state index contributed by atoms with van der Waals surface area (Å²) < 4.78 is 32.5. The van der Waals surface area contributed by atoms with E-state index in [4.69, 9.17) is 21.8 Å². The molecule has 3 N–H and O–H groups in total. The number of nitrogens with two attached hydrogens (primary N) is 1. The molecule has 200 valence electrons. The summed E-state index contributed by atoms with van der Waals surface area (Å²) in [4.78, 5) is 34.9. The maximum Gasteiger partial charge on any atom is 0.255 e. The highest BCUT2D eigenvalue weighted by Gasteiger charge is 2.35. The van der Waals surface area contributed by atoms with Crippen molar-refractivity contribution in [2.75, 3.05) is 18.8 Å². The van der Waals surface area contributed by atoms with Crippen LogP contribution in [0.3, 0.4) is 0 Å². The first-order valence-electron chi connectivity index (χ1n) is 12.2. The van der Waals surface area contributed by atoms with Gasteiger partial charge in [-0.25, -0.2) is 13.8 Å². The van der Waals surface area contributed by atoms with Gasteiger partial charge in [-0.15, -0.1) is 0 Å². The number of fused-ring (bicyclic) bond motifs is 1. The molecule has 0 aliphatic carbocycles. The molecule has 39 heavy (non-hydrogen) atoms. The third-order valence-corrected chi connectivity index (χ3v) is 6.77. The van der Waals surface area contributed by atoms with E-state index in [0.29, 0.717) is 38.6 Å². The Kier molecular flexibility index (Phi) is 7.30. The number of carbonyl (C=O) groups excluding carboxylic acids is 2. The summed E-state index contributed by atoms with van der Waals surface area (Å²) in [5, 5.41) is 3.89. The third kappa shape index (κ3) is 6.06. The number of alkyl halides is 2. The number of piperidine rings is 1. The van der Waals surface area contributed by atoms with Crippen molar-refractivity contribution in [3.8, 4) is 11.3 Å². The molecule has 11 heteroatoms. The lowest BCUT2D eigenvalue weighted by Gasteiger charge is -2.31. The molecule has 0 spiro atoms. The van der Waals surface area contributed by atoms with Gasteiger partial charge in [0.15, 0.2) is 5.58 Å². The first-order valence-corrected chi connectivity index (χ1v) is 12.6. The fourth-order valence-electron chi connectivity index (χ4n) is 4.27. The molecule has 0 saturated carbocycles. The van der Waals surface area contributed by atoms with E-state index in [0.717, 1.165) is 11.1 Å². The van der Waals surface area contributed by atoms with E-state index < -0.39 is 5.92 Å². The lowest BCUT2D eigenvalue weighted by Crippen LogP contribution is -2.42. The minimum absolute atomic E-state index is 0.00798. The topological polar surface area (TPSA) is 114 Å². The van der Waals surface area contributed by atoms with Crippen molar-refractivity contribution >= 4 is 46.3 Å². The average molecular weight is 552 g/mol. The number of hydrogen-bond donors (Lipinski definition) is 2. The maximum atomic E-state index is 13.4. The van der Waals surface area contributed by atoms with Gasteiger partial charge in [0.2, 0.25) is 5.91 Å². The van der Waals surface area contributed by atoms with Gasteiger partial charge in [-0.2, -0.15) is 0 Å². The molecule has 1 saturated heterocycles. The third-order valence-electron chi connectivity index (χ3n) is 6.49. The molecule has 0 bridgehead atoms. The van der Waals surface area contributed by atoms with Crippen LogP contribution in [0, 0.1) is 0 Å². The maximum absolute atomic E-state index is 13.4. The Bertz CT molecular complexity index is 1540. The molecule has 5 rings (SSSR count). The zero-order valence-corrected chi connectivity index (χ0v) is 21.4. The summed E-state index contributed by atoms with van der Waals surface area (Å²) in [5.74, 6) is -2.96. The van der Waals surface area contributed by atoms with Gasteiger partial charge < -0.3 is 20.4 Å². The fourth-order valence-corrected chi connectivity index (χ4v) is 4.53. The van der Waals surface area contributed by atoms with Crippen LogP contribution in [0.15, 0.2) is 65.5 Å². The lowest BCUT2D eigenvalue weighted by atomic mass is 10.0. The van der Waals surface area contributed by atoms with E-state index in [-0.39, 0.29) is 44.3 Å². The Morgan fingerprint density at radius 1 is 1.13 bits per heavy atom. The molecular weight excluding hydrogens is 528 g/mol. The number of pyridine rings is 2. The first-order chi connectivity index (χ1) is 18.7. The number of nitrogens with one attached hydrogen (secondary N) is 1. The smallest absolute Gasteiger partial charge is 0.255 e. The molecule has 3 aromatic heterocycles. The highest BCUT2D eigenvalue weighted by Crippen LogP contribution is 2.33. The SMILES string of the molecule is Nc1ccc(C=CC(=O)NCc2coc3c(Cl)cc(-c4ccc(C(=O)N5CCC(F)(F)CC5)cn4)cc23)cn1. The summed E-state index contributed by atoms with van der Waals surface area (Å²) in [7, 11) is 0. The molecule has 1 fully saturated rings. The molecule has 0 atom stereocenters. The van der Waals surface area contributed by atoms with Gasteiger partial charge in [-0.1, -0.05) is 11.6 Å². The second-order valence-corrected chi connectivity index (χ2v) is 9.65. The van der Waals surface area contributed by atoms with Crippen molar-refractivity contribution in [3.05, 3.63) is 82.8 Å². The summed E-state index contributed by atoms with van der Waals surface area (Å²) in [6.45, 7) is 0.216. The number of amides is 2. The van der Waals surface area contributed by atoms with E-state index in [9.17, 15) is 18.4 Å². The van der Waals surface area contributed by atoms with E-state index in [1.165, 1.54) is 23.4 Å². The lowest BCUT2D eigenvalue weighted by molar-refractivity contribution is -0.116. The van der Waals surface area contributed by atoms with E-state index in [1.54, 1.807) is 42.6 Å². The molecule has 2 amide bonds. The zero-order valence-electron chi connectivity index (χ0n) is 20.7. The number of anilines is 1. The van der Waals surface area contributed by atoms with Crippen LogP contribution in [-0.2, 0) is 11.3 Å². The predicted octanol–water partition coefficient (Wildman–Crippen LogP) is 5.33. The Morgan fingerprint density at radius 2 is 1.92 bits per heavy atom. The summed E-state index contributed by atoms with van der Waals surface area (Å²) in [6.07, 6.45) is 6.88. The van der Waals surface area contributed by atoms with Crippen molar-refractivity contribution in [2.45, 2.75) is 25.3 Å². The monoisotopic (exact) mass is 551 g/mol. The number of aromatic nitrogens is 2. The van der Waals surface area contributed by atoms with Gasteiger partial charge >= 0.3 is 0 Å². The van der Waals surface area contributed by atoms with Crippen molar-refractivity contribution in [3.63, 3.8) is 0 Å². The van der Waals surface area contributed by atoms with Gasteiger partial charge in [-0.05, 0) is 48.0 Å². The van der Waals surface area contributed by atoms with Crippen LogP contribution >= 0.6 is 11.6 Å². The Labute approximate surface area is 227 Å².